The minimum absolute atomic E-state index is 0.0961. The average molecular weight is 374 g/mol. The van der Waals surface area contributed by atoms with Crippen LogP contribution in [-0.2, 0) is 0 Å². The van der Waals surface area contributed by atoms with Crippen LogP contribution < -0.4 is 10.6 Å². The highest BCUT2D eigenvalue weighted by Gasteiger charge is 2.27. The highest BCUT2D eigenvalue weighted by Crippen LogP contribution is 2.31. The van der Waals surface area contributed by atoms with Crippen molar-refractivity contribution in [2.75, 3.05) is 18.4 Å². The molecule has 2 aromatic carbocycles. The lowest BCUT2D eigenvalue weighted by Gasteiger charge is -2.24. The largest absolute Gasteiger partial charge is 0.322 e. The maximum absolute atomic E-state index is 13.1. The molecule has 0 bridgehead atoms. The molecule has 1 saturated heterocycles. The zero-order chi connectivity index (χ0) is 19.5. The summed E-state index contributed by atoms with van der Waals surface area (Å²) in [6.45, 7) is 5.99. The first-order chi connectivity index (χ1) is 13.6. The van der Waals surface area contributed by atoms with E-state index in [4.69, 9.17) is 0 Å². The number of para-hydroxylation sites is 1. The van der Waals surface area contributed by atoms with Gasteiger partial charge in [-0.15, -0.1) is 0 Å². The maximum Gasteiger partial charge on any atom is 0.259 e. The molecule has 0 unspecified atom stereocenters. The topological polar surface area (TPSA) is 59.0 Å². The van der Waals surface area contributed by atoms with Crippen molar-refractivity contribution in [2.24, 2.45) is 0 Å². The molecule has 0 atom stereocenters. The Kier molecular flexibility index (Phi) is 5.26. The third-order valence-electron chi connectivity index (χ3n) is 5.45. The summed E-state index contributed by atoms with van der Waals surface area (Å²) >= 11 is 0. The van der Waals surface area contributed by atoms with Crippen molar-refractivity contribution in [1.29, 1.82) is 0 Å². The van der Waals surface area contributed by atoms with Crippen LogP contribution in [0, 0.1) is 13.8 Å². The molecule has 0 aliphatic carbocycles. The quantitative estimate of drug-likeness (QED) is 0.719. The van der Waals surface area contributed by atoms with Crippen LogP contribution in [0.5, 0.6) is 0 Å². The fourth-order valence-corrected chi connectivity index (χ4v) is 3.82. The van der Waals surface area contributed by atoms with Gasteiger partial charge in [-0.3, -0.25) is 4.79 Å². The van der Waals surface area contributed by atoms with E-state index in [-0.39, 0.29) is 5.91 Å². The van der Waals surface area contributed by atoms with Crippen LogP contribution in [0.15, 0.2) is 54.7 Å². The van der Waals surface area contributed by atoms with Gasteiger partial charge in [0.2, 0.25) is 0 Å². The van der Waals surface area contributed by atoms with E-state index in [1.807, 2.05) is 35.9 Å². The first-order valence-electron chi connectivity index (χ1n) is 9.86. The first kappa shape index (κ1) is 18.4. The average Bonchev–Trinajstić information content (AvgIpc) is 3.16. The van der Waals surface area contributed by atoms with Crippen molar-refractivity contribution >= 4 is 11.6 Å². The molecule has 0 spiro atoms. The van der Waals surface area contributed by atoms with Crippen molar-refractivity contribution in [3.63, 3.8) is 0 Å². The number of hydrogen-bond donors (Lipinski definition) is 2. The van der Waals surface area contributed by atoms with Gasteiger partial charge in [0.1, 0.15) is 0 Å². The van der Waals surface area contributed by atoms with Crippen molar-refractivity contribution in [3.05, 3.63) is 77.1 Å². The van der Waals surface area contributed by atoms with Crippen molar-refractivity contribution in [3.8, 4) is 5.69 Å². The van der Waals surface area contributed by atoms with Gasteiger partial charge in [-0.25, -0.2) is 4.68 Å². The Morgan fingerprint density at radius 1 is 1.07 bits per heavy atom. The van der Waals surface area contributed by atoms with Crippen LogP contribution in [0.3, 0.4) is 0 Å². The van der Waals surface area contributed by atoms with Crippen LogP contribution in [0.1, 0.15) is 45.9 Å². The second-order valence-electron chi connectivity index (χ2n) is 7.48. The Bertz CT molecular complexity index is 969. The summed E-state index contributed by atoms with van der Waals surface area (Å²) in [6, 6.07) is 16.1. The predicted molar refractivity (Wildman–Crippen MR) is 112 cm³/mol. The van der Waals surface area contributed by atoms with Gasteiger partial charge in [0, 0.05) is 11.6 Å². The summed E-state index contributed by atoms with van der Waals surface area (Å²) in [6.07, 6.45) is 3.72. The first-order valence-corrected chi connectivity index (χ1v) is 9.86. The predicted octanol–water partition coefficient (Wildman–Crippen LogP) is 4.21. The molecule has 1 fully saturated rings. The lowest BCUT2D eigenvalue weighted by molar-refractivity contribution is 0.102. The Morgan fingerprint density at radius 3 is 2.50 bits per heavy atom. The van der Waals surface area contributed by atoms with Crippen LogP contribution in [0.2, 0.25) is 0 Å². The Balaban J connectivity index is 1.73. The van der Waals surface area contributed by atoms with E-state index in [2.05, 4.69) is 46.9 Å². The number of amides is 1. The van der Waals surface area contributed by atoms with Crippen molar-refractivity contribution in [2.45, 2.75) is 32.6 Å². The van der Waals surface area contributed by atoms with Gasteiger partial charge in [-0.2, -0.15) is 5.10 Å². The van der Waals surface area contributed by atoms with Crippen molar-refractivity contribution < 1.29 is 4.79 Å². The van der Waals surface area contributed by atoms with Crippen LogP contribution in [0.25, 0.3) is 5.69 Å². The molecule has 1 amide bonds. The van der Waals surface area contributed by atoms with Gasteiger partial charge in [0.15, 0.2) is 0 Å². The summed E-state index contributed by atoms with van der Waals surface area (Å²) in [5.41, 5.74) is 5.76. The lowest BCUT2D eigenvalue weighted by Crippen LogP contribution is -2.29. The number of hydrogen-bond acceptors (Lipinski definition) is 3. The van der Waals surface area contributed by atoms with Gasteiger partial charge in [0.25, 0.3) is 5.91 Å². The molecule has 3 aromatic rings. The highest BCUT2D eigenvalue weighted by molar-refractivity contribution is 6.05. The SMILES string of the molecule is Cc1ccc(-n2ncc(C(=O)Nc3ccccc3C)c2C2CCNCC2)cc1. The standard InChI is InChI=1S/C23H26N4O/c1-16-7-9-19(10-8-16)27-22(18-11-13-24-14-12-18)20(15-25-27)23(28)26-21-6-4-3-5-17(21)2/h3-10,15,18,24H,11-14H2,1-2H3,(H,26,28). The van der Waals surface area contributed by atoms with E-state index >= 15 is 0 Å². The van der Waals surface area contributed by atoms with Gasteiger partial charge >= 0.3 is 0 Å². The second-order valence-corrected chi connectivity index (χ2v) is 7.48. The highest BCUT2D eigenvalue weighted by atomic mass is 16.1. The normalized spacial score (nSPS) is 14.8. The molecule has 28 heavy (non-hydrogen) atoms. The molecule has 2 heterocycles. The summed E-state index contributed by atoms with van der Waals surface area (Å²) in [7, 11) is 0. The molecule has 1 aromatic heterocycles. The number of carbonyl (C=O) groups is 1. The minimum Gasteiger partial charge on any atom is -0.322 e. The van der Waals surface area contributed by atoms with Gasteiger partial charge in [-0.1, -0.05) is 35.9 Å². The van der Waals surface area contributed by atoms with Gasteiger partial charge < -0.3 is 10.6 Å². The number of carbonyl (C=O) groups excluding carboxylic acids is 1. The summed E-state index contributed by atoms with van der Waals surface area (Å²) in [5, 5.41) is 11.1. The van der Waals surface area contributed by atoms with Crippen LogP contribution in [-0.4, -0.2) is 28.8 Å². The zero-order valence-corrected chi connectivity index (χ0v) is 16.4. The molecule has 1 aliphatic rings. The molecule has 0 radical (unpaired) electrons. The van der Waals surface area contributed by atoms with Crippen LogP contribution in [0.4, 0.5) is 5.69 Å². The third kappa shape index (κ3) is 3.71. The fourth-order valence-electron chi connectivity index (χ4n) is 3.82. The Labute approximate surface area is 165 Å². The minimum atomic E-state index is -0.0961. The number of anilines is 1. The molecular formula is C23H26N4O. The van der Waals surface area contributed by atoms with Crippen molar-refractivity contribution in [1.82, 2.24) is 15.1 Å². The van der Waals surface area contributed by atoms with E-state index in [9.17, 15) is 4.79 Å². The van der Waals surface area contributed by atoms with E-state index in [0.29, 0.717) is 11.5 Å². The van der Waals surface area contributed by atoms with E-state index < -0.39 is 0 Å². The number of aryl methyl sites for hydroxylation is 2. The smallest absolute Gasteiger partial charge is 0.259 e. The molecule has 0 saturated carbocycles. The van der Waals surface area contributed by atoms with E-state index in [0.717, 1.165) is 48.6 Å². The second kappa shape index (κ2) is 7.98. The number of nitrogens with one attached hydrogen (secondary N) is 2. The monoisotopic (exact) mass is 374 g/mol. The molecule has 2 N–H and O–H groups in total. The number of rotatable bonds is 4. The third-order valence-corrected chi connectivity index (χ3v) is 5.45. The molecule has 144 valence electrons. The molecule has 1 aliphatic heterocycles. The molecule has 5 nitrogen and oxygen atoms in total. The number of piperidine rings is 1. The fraction of sp³-hybridized carbons (Fsp3) is 0.304. The number of nitrogens with zero attached hydrogens (tertiary/aromatic N) is 2. The Morgan fingerprint density at radius 2 is 1.79 bits per heavy atom. The number of aromatic nitrogens is 2. The van der Waals surface area contributed by atoms with Crippen LogP contribution >= 0.6 is 0 Å². The van der Waals surface area contributed by atoms with Gasteiger partial charge in [-0.05, 0) is 63.5 Å². The number of benzene rings is 2. The molecular weight excluding hydrogens is 348 g/mol. The van der Waals surface area contributed by atoms with E-state index in [1.165, 1.54) is 5.56 Å². The summed E-state index contributed by atoms with van der Waals surface area (Å²) in [5.74, 6) is 0.212. The summed E-state index contributed by atoms with van der Waals surface area (Å²) < 4.78 is 1.95. The van der Waals surface area contributed by atoms with Gasteiger partial charge in [0.05, 0.1) is 23.1 Å². The summed E-state index contributed by atoms with van der Waals surface area (Å²) in [4.78, 5) is 13.1. The maximum atomic E-state index is 13.1. The Hall–Kier alpha value is -2.92. The molecule has 4 rings (SSSR count). The lowest BCUT2D eigenvalue weighted by atomic mass is 9.91. The zero-order valence-electron chi connectivity index (χ0n) is 16.4. The van der Waals surface area contributed by atoms with E-state index in [1.54, 1.807) is 6.20 Å². The molecule has 5 heteroatoms.